The molecule has 9 nitrogen and oxygen atoms in total. The number of piperidine rings is 1. The third kappa shape index (κ3) is 4.92. The summed E-state index contributed by atoms with van der Waals surface area (Å²) in [6.45, 7) is 5.61. The molecule has 0 aliphatic carbocycles. The van der Waals surface area contributed by atoms with E-state index in [4.69, 9.17) is 5.26 Å². The zero-order valence-electron chi connectivity index (χ0n) is 18.2. The third-order valence-corrected chi connectivity index (χ3v) is 5.47. The summed E-state index contributed by atoms with van der Waals surface area (Å²) in [6.07, 6.45) is 7.69. The van der Waals surface area contributed by atoms with E-state index in [-0.39, 0.29) is 5.91 Å². The van der Waals surface area contributed by atoms with Crippen molar-refractivity contribution in [3.63, 3.8) is 0 Å². The Hall–Kier alpha value is -3.77. The summed E-state index contributed by atoms with van der Waals surface area (Å²) in [6, 6.07) is 9.01. The van der Waals surface area contributed by atoms with Gasteiger partial charge in [-0.15, -0.1) is 0 Å². The summed E-state index contributed by atoms with van der Waals surface area (Å²) in [7, 11) is 0. The molecule has 164 valence electrons. The lowest BCUT2D eigenvalue weighted by molar-refractivity contribution is 0.0948. The van der Waals surface area contributed by atoms with Crippen LogP contribution in [0, 0.1) is 18.3 Å². The van der Waals surface area contributed by atoms with Gasteiger partial charge in [-0.05, 0) is 57.5 Å². The highest BCUT2D eigenvalue weighted by atomic mass is 16.1. The highest BCUT2D eigenvalue weighted by Gasteiger charge is 2.16. The topological polar surface area (TPSA) is 121 Å². The Labute approximate surface area is 186 Å². The van der Waals surface area contributed by atoms with E-state index in [9.17, 15) is 4.79 Å². The second kappa shape index (κ2) is 9.58. The molecular formula is C23H26N8O. The quantitative estimate of drug-likeness (QED) is 0.550. The molecule has 4 rings (SSSR count). The van der Waals surface area contributed by atoms with Crippen LogP contribution in [0.25, 0.3) is 11.3 Å². The van der Waals surface area contributed by atoms with E-state index in [1.165, 1.54) is 0 Å². The highest BCUT2D eigenvalue weighted by Crippen LogP contribution is 2.24. The van der Waals surface area contributed by atoms with Crippen molar-refractivity contribution < 1.29 is 4.79 Å². The van der Waals surface area contributed by atoms with Crippen LogP contribution in [0.15, 0.2) is 42.9 Å². The fraction of sp³-hybridized carbons (Fsp3) is 0.348. The van der Waals surface area contributed by atoms with Crippen LogP contribution in [0.2, 0.25) is 0 Å². The van der Waals surface area contributed by atoms with Gasteiger partial charge in [-0.2, -0.15) is 10.4 Å². The first kappa shape index (κ1) is 21.5. The molecule has 3 aromatic rings. The van der Waals surface area contributed by atoms with Crippen molar-refractivity contribution in [2.75, 3.05) is 18.4 Å². The maximum atomic E-state index is 12.2. The van der Waals surface area contributed by atoms with E-state index in [0.717, 1.165) is 48.4 Å². The van der Waals surface area contributed by atoms with E-state index in [1.807, 2.05) is 36.0 Å². The monoisotopic (exact) mass is 430 g/mol. The fourth-order valence-corrected chi connectivity index (χ4v) is 3.69. The van der Waals surface area contributed by atoms with E-state index >= 15 is 0 Å². The van der Waals surface area contributed by atoms with Gasteiger partial charge in [0.25, 0.3) is 5.91 Å². The molecule has 2 aromatic heterocycles. The minimum absolute atomic E-state index is 0.280. The maximum absolute atomic E-state index is 12.2. The minimum Gasteiger partial charge on any atom is -0.337 e. The van der Waals surface area contributed by atoms with E-state index in [0.29, 0.717) is 17.6 Å². The van der Waals surface area contributed by atoms with Gasteiger partial charge in [-0.25, -0.2) is 9.97 Å². The second-order valence-electron chi connectivity index (χ2n) is 7.94. The van der Waals surface area contributed by atoms with Crippen LogP contribution in [0.5, 0.6) is 0 Å². The van der Waals surface area contributed by atoms with Gasteiger partial charge in [0.2, 0.25) is 5.95 Å². The molecule has 0 spiro atoms. The first-order valence-corrected chi connectivity index (χ1v) is 10.7. The van der Waals surface area contributed by atoms with E-state index in [2.05, 4.69) is 31.0 Å². The van der Waals surface area contributed by atoms with Crippen molar-refractivity contribution in [1.29, 1.82) is 5.26 Å². The summed E-state index contributed by atoms with van der Waals surface area (Å²) in [5.41, 5.74) is 3.92. The third-order valence-electron chi connectivity index (χ3n) is 5.47. The normalized spacial score (nSPS) is 15.0. The average Bonchev–Trinajstić information content (AvgIpc) is 3.29. The molecule has 32 heavy (non-hydrogen) atoms. The second-order valence-corrected chi connectivity index (χ2v) is 7.94. The van der Waals surface area contributed by atoms with Gasteiger partial charge in [0, 0.05) is 23.5 Å². The molecule has 1 aromatic carbocycles. The number of nitriles is 1. The van der Waals surface area contributed by atoms with Crippen molar-refractivity contribution >= 4 is 17.5 Å². The van der Waals surface area contributed by atoms with Crippen molar-refractivity contribution in [2.45, 2.75) is 38.8 Å². The molecule has 3 heterocycles. The number of aromatic nitrogens is 4. The van der Waals surface area contributed by atoms with Crippen molar-refractivity contribution in [3.05, 3.63) is 54.0 Å². The van der Waals surface area contributed by atoms with Gasteiger partial charge in [0.05, 0.1) is 29.7 Å². The summed E-state index contributed by atoms with van der Waals surface area (Å²) in [4.78, 5) is 21.3. The predicted octanol–water partition coefficient (Wildman–Crippen LogP) is 2.96. The lowest BCUT2D eigenvalue weighted by Gasteiger charge is -2.22. The van der Waals surface area contributed by atoms with Gasteiger partial charge >= 0.3 is 0 Å². The molecule has 0 unspecified atom stereocenters. The number of hydrogen-bond acceptors (Lipinski definition) is 7. The van der Waals surface area contributed by atoms with Gasteiger partial charge in [-0.3, -0.25) is 9.48 Å². The Bertz CT molecular complexity index is 1130. The van der Waals surface area contributed by atoms with Gasteiger partial charge < -0.3 is 16.0 Å². The summed E-state index contributed by atoms with van der Waals surface area (Å²) in [5, 5.41) is 22.6. The number of hydrogen-bond donors (Lipinski definition) is 3. The zero-order chi connectivity index (χ0) is 22.5. The van der Waals surface area contributed by atoms with Crippen LogP contribution in [0.1, 0.15) is 41.7 Å². The maximum Gasteiger partial charge on any atom is 0.252 e. The molecule has 1 fully saturated rings. The molecule has 0 saturated carbocycles. The van der Waals surface area contributed by atoms with Gasteiger partial charge in [-0.1, -0.05) is 12.1 Å². The van der Waals surface area contributed by atoms with Crippen LogP contribution < -0.4 is 16.0 Å². The number of amides is 1. The Morgan fingerprint density at radius 1 is 1.25 bits per heavy atom. The molecule has 3 N–H and O–H groups in total. The van der Waals surface area contributed by atoms with Crippen LogP contribution in [0.4, 0.5) is 11.6 Å². The Balaban J connectivity index is 1.49. The number of anilines is 2. The predicted molar refractivity (Wildman–Crippen MR) is 121 cm³/mol. The first-order valence-electron chi connectivity index (χ1n) is 10.7. The summed E-state index contributed by atoms with van der Waals surface area (Å²) < 4.78 is 2.01. The standard InChI is InChI=1S/C23H26N8O/c1-15-12-26-23(29-19-13-27-31(14-19)20-7-9-25-10-8-20)30-21(15)17-3-5-18(6-4-17)22(32)28-16(2)11-24/h3-6,12-14,16,20,25H,7-10H2,1-2H3,(H,28,32)(H,26,29,30)/t16-/m0/s1. The molecule has 0 bridgehead atoms. The molecule has 9 heteroatoms. The smallest absolute Gasteiger partial charge is 0.252 e. The van der Waals surface area contributed by atoms with Crippen LogP contribution in [0.3, 0.4) is 0 Å². The Morgan fingerprint density at radius 2 is 2.00 bits per heavy atom. The summed E-state index contributed by atoms with van der Waals surface area (Å²) >= 11 is 0. The largest absolute Gasteiger partial charge is 0.337 e. The molecule has 1 aliphatic heterocycles. The molecular weight excluding hydrogens is 404 g/mol. The highest BCUT2D eigenvalue weighted by molar-refractivity contribution is 5.95. The molecule has 0 radical (unpaired) electrons. The number of carbonyl (C=O) groups excluding carboxylic acids is 1. The summed E-state index contributed by atoms with van der Waals surface area (Å²) in [5.74, 6) is 0.207. The number of rotatable bonds is 6. The molecule has 1 atom stereocenters. The Morgan fingerprint density at radius 3 is 2.72 bits per heavy atom. The van der Waals surface area contributed by atoms with Crippen molar-refractivity contribution in [3.8, 4) is 17.3 Å². The molecule has 1 saturated heterocycles. The van der Waals surface area contributed by atoms with Crippen molar-refractivity contribution in [2.24, 2.45) is 0 Å². The van der Waals surface area contributed by atoms with E-state index < -0.39 is 6.04 Å². The first-order chi connectivity index (χ1) is 15.5. The molecule has 1 amide bonds. The van der Waals surface area contributed by atoms with Gasteiger partial charge in [0.15, 0.2) is 0 Å². The molecule has 1 aliphatic rings. The SMILES string of the molecule is Cc1cnc(Nc2cnn(C3CCNCC3)c2)nc1-c1ccc(C(=O)N[C@@H](C)C#N)cc1. The average molecular weight is 431 g/mol. The van der Waals surface area contributed by atoms with E-state index in [1.54, 1.807) is 31.5 Å². The fourth-order valence-electron chi connectivity index (χ4n) is 3.69. The lowest BCUT2D eigenvalue weighted by atomic mass is 10.1. The Kier molecular flexibility index (Phi) is 6.42. The van der Waals surface area contributed by atoms with Crippen LogP contribution >= 0.6 is 0 Å². The zero-order valence-corrected chi connectivity index (χ0v) is 18.2. The lowest BCUT2D eigenvalue weighted by Crippen LogP contribution is -2.31. The number of nitrogens with zero attached hydrogens (tertiary/aromatic N) is 5. The van der Waals surface area contributed by atoms with Crippen LogP contribution in [-0.4, -0.2) is 44.8 Å². The van der Waals surface area contributed by atoms with Gasteiger partial charge in [0.1, 0.15) is 6.04 Å². The number of benzene rings is 1. The van der Waals surface area contributed by atoms with Crippen molar-refractivity contribution in [1.82, 2.24) is 30.4 Å². The van der Waals surface area contributed by atoms with Crippen LogP contribution in [-0.2, 0) is 0 Å². The number of nitrogens with one attached hydrogen (secondary N) is 3. The number of carbonyl (C=O) groups is 1. The minimum atomic E-state index is -0.543. The number of aryl methyl sites for hydroxylation is 1.